The van der Waals surface area contributed by atoms with E-state index in [1.165, 1.54) is 6.07 Å². The molecule has 4 nitrogen and oxygen atoms in total. The van der Waals surface area contributed by atoms with Gasteiger partial charge in [-0.05, 0) is 6.92 Å². The fourth-order valence-corrected chi connectivity index (χ4v) is 2.35. The van der Waals surface area contributed by atoms with Gasteiger partial charge in [0.05, 0.1) is 35.7 Å². The Balaban J connectivity index is 2.25. The lowest BCUT2D eigenvalue weighted by Crippen LogP contribution is -2.18. The highest BCUT2D eigenvalue weighted by Gasteiger charge is 2.13. The normalized spacial score (nSPS) is 10.5. The van der Waals surface area contributed by atoms with E-state index < -0.39 is 5.82 Å². The first-order valence-electron chi connectivity index (χ1n) is 5.91. The van der Waals surface area contributed by atoms with Gasteiger partial charge < -0.3 is 15.4 Å². The molecular formula is C13H16FN3OS. The second-order valence-corrected chi connectivity index (χ2v) is 4.83. The monoisotopic (exact) mass is 281 g/mol. The Morgan fingerprint density at radius 2 is 2.26 bits per heavy atom. The second-order valence-electron chi connectivity index (χ2n) is 4.11. The lowest BCUT2D eigenvalue weighted by Gasteiger charge is -2.21. The summed E-state index contributed by atoms with van der Waals surface area (Å²) in [6.45, 7) is 2.84. The molecule has 2 aromatic rings. The maximum Gasteiger partial charge on any atom is 0.167 e. The summed E-state index contributed by atoms with van der Waals surface area (Å²) >= 11 is 1.54. The Hall–Kier alpha value is -1.82. The molecule has 0 atom stereocenters. The van der Waals surface area contributed by atoms with Crippen molar-refractivity contribution >= 4 is 22.7 Å². The number of hydrogen-bond acceptors (Lipinski definition) is 5. The maximum atomic E-state index is 13.6. The molecule has 0 saturated heterocycles. The SMILES string of the molecule is CCOc1cc(N(C)Cc2cscn2)c(N)cc1F. The molecule has 0 aliphatic carbocycles. The average molecular weight is 281 g/mol. The van der Waals surface area contributed by atoms with Crippen LogP contribution >= 0.6 is 11.3 Å². The van der Waals surface area contributed by atoms with Gasteiger partial charge in [-0.1, -0.05) is 0 Å². The summed E-state index contributed by atoms with van der Waals surface area (Å²) in [5, 5.41) is 1.97. The zero-order chi connectivity index (χ0) is 13.8. The Morgan fingerprint density at radius 3 is 2.89 bits per heavy atom. The number of nitrogens with zero attached hydrogens (tertiary/aromatic N) is 2. The van der Waals surface area contributed by atoms with Crippen molar-refractivity contribution in [2.75, 3.05) is 24.3 Å². The van der Waals surface area contributed by atoms with E-state index in [9.17, 15) is 4.39 Å². The van der Waals surface area contributed by atoms with Gasteiger partial charge in [0.25, 0.3) is 0 Å². The highest BCUT2D eigenvalue weighted by atomic mass is 32.1. The summed E-state index contributed by atoms with van der Waals surface area (Å²) in [6.07, 6.45) is 0. The van der Waals surface area contributed by atoms with Gasteiger partial charge in [0, 0.05) is 24.6 Å². The number of anilines is 2. The molecule has 0 amide bonds. The lowest BCUT2D eigenvalue weighted by molar-refractivity contribution is 0.322. The molecule has 1 aromatic heterocycles. The minimum atomic E-state index is -0.440. The van der Waals surface area contributed by atoms with Crippen molar-refractivity contribution in [3.8, 4) is 5.75 Å². The van der Waals surface area contributed by atoms with Gasteiger partial charge >= 0.3 is 0 Å². The quantitative estimate of drug-likeness (QED) is 0.856. The summed E-state index contributed by atoms with van der Waals surface area (Å²) in [6, 6.07) is 2.92. The first-order chi connectivity index (χ1) is 9.11. The number of halogens is 1. The van der Waals surface area contributed by atoms with Crippen LogP contribution in [0.3, 0.4) is 0 Å². The molecule has 2 N–H and O–H groups in total. The summed E-state index contributed by atoms with van der Waals surface area (Å²) < 4.78 is 18.9. The number of hydrogen-bond donors (Lipinski definition) is 1. The summed E-state index contributed by atoms with van der Waals surface area (Å²) in [5.74, 6) is -0.220. The Labute approximate surface area is 115 Å². The number of rotatable bonds is 5. The zero-order valence-electron chi connectivity index (χ0n) is 10.9. The van der Waals surface area contributed by atoms with Gasteiger partial charge in [-0.15, -0.1) is 11.3 Å². The van der Waals surface area contributed by atoms with Crippen LogP contribution in [0.2, 0.25) is 0 Å². The predicted molar refractivity (Wildman–Crippen MR) is 76.2 cm³/mol. The minimum Gasteiger partial charge on any atom is -0.491 e. The van der Waals surface area contributed by atoms with Crippen LogP contribution in [0, 0.1) is 5.82 Å². The first kappa shape index (κ1) is 13.6. The van der Waals surface area contributed by atoms with E-state index >= 15 is 0 Å². The second kappa shape index (κ2) is 5.88. The molecule has 0 saturated carbocycles. The molecule has 0 spiro atoms. The molecule has 2 rings (SSSR count). The standard InChI is InChI=1S/C13H16FN3OS/c1-3-18-13-5-12(11(15)4-10(13)14)17(2)6-9-7-19-8-16-9/h4-5,7-8H,3,6,15H2,1-2H3. The molecule has 102 valence electrons. The van der Waals surface area contributed by atoms with E-state index in [2.05, 4.69) is 4.98 Å². The van der Waals surface area contributed by atoms with Crippen LogP contribution in [0.5, 0.6) is 5.75 Å². The Bertz CT molecular complexity index is 545. The maximum absolute atomic E-state index is 13.6. The molecule has 6 heteroatoms. The summed E-state index contributed by atoms with van der Waals surface area (Å²) in [5.41, 5.74) is 9.72. The number of benzene rings is 1. The summed E-state index contributed by atoms with van der Waals surface area (Å²) in [4.78, 5) is 6.14. The van der Waals surface area contributed by atoms with E-state index in [0.717, 1.165) is 11.4 Å². The highest BCUT2D eigenvalue weighted by Crippen LogP contribution is 2.31. The van der Waals surface area contributed by atoms with E-state index in [4.69, 9.17) is 10.5 Å². The molecule has 0 aliphatic rings. The molecule has 1 aromatic carbocycles. The molecule has 0 unspecified atom stereocenters. The van der Waals surface area contributed by atoms with Gasteiger partial charge in [-0.2, -0.15) is 0 Å². The Morgan fingerprint density at radius 1 is 1.47 bits per heavy atom. The molecule has 0 radical (unpaired) electrons. The van der Waals surface area contributed by atoms with Crippen LogP contribution in [-0.4, -0.2) is 18.6 Å². The molecule has 0 fully saturated rings. The van der Waals surface area contributed by atoms with Gasteiger partial charge in [0.1, 0.15) is 0 Å². The van der Waals surface area contributed by atoms with Crippen molar-refractivity contribution in [3.63, 3.8) is 0 Å². The van der Waals surface area contributed by atoms with Crippen LogP contribution in [0.4, 0.5) is 15.8 Å². The molecule has 19 heavy (non-hydrogen) atoms. The van der Waals surface area contributed by atoms with E-state index in [1.54, 1.807) is 22.9 Å². The number of nitrogen functional groups attached to an aromatic ring is 1. The van der Waals surface area contributed by atoms with Crippen molar-refractivity contribution in [2.24, 2.45) is 0 Å². The first-order valence-corrected chi connectivity index (χ1v) is 6.86. The van der Waals surface area contributed by atoms with Crippen molar-refractivity contribution in [2.45, 2.75) is 13.5 Å². The third-order valence-corrected chi connectivity index (χ3v) is 3.31. The molecule has 1 heterocycles. The third-order valence-electron chi connectivity index (χ3n) is 2.67. The zero-order valence-corrected chi connectivity index (χ0v) is 11.7. The molecule has 0 aliphatic heterocycles. The number of ether oxygens (including phenoxy) is 1. The van der Waals surface area contributed by atoms with Gasteiger partial charge in [-0.25, -0.2) is 9.37 Å². The van der Waals surface area contributed by atoms with Crippen molar-refractivity contribution < 1.29 is 9.13 Å². The fourth-order valence-electron chi connectivity index (χ4n) is 1.80. The number of aromatic nitrogens is 1. The minimum absolute atomic E-state index is 0.219. The van der Waals surface area contributed by atoms with E-state index in [-0.39, 0.29) is 5.75 Å². The van der Waals surface area contributed by atoms with Crippen LogP contribution in [-0.2, 0) is 6.54 Å². The molecular weight excluding hydrogens is 265 g/mol. The number of nitrogens with two attached hydrogens (primary N) is 1. The summed E-state index contributed by atoms with van der Waals surface area (Å²) in [7, 11) is 1.89. The van der Waals surface area contributed by atoms with Crippen molar-refractivity contribution in [1.29, 1.82) is 0 Å². The average Bonchev–Trinajstić information content (AvgIpc) is 2.85. The van der Waals surface area contributed by atoms with E-state index in [0.29, 0.717) is 18.8 Å². The third kappa shape index (κ3) is 3.14. The number of thiazole rings is 1. The van der Waals surface area contributed by atoms with Gasteiger partial charge in [0.2, 0.25) is 0 Å². The topological polar surface area (TPSA) is 51.4 Å². The van der Waals surface area contributed by atoms with Crippen molar-refractivity contribution in [3.05, 3.63) is 34.5 Å². The largest absolute Gasteiger partial charge is 0.491 e. The van der Waals surface area contributed by atoms with Crippen LogP contribution in [0.1, 0.15) is 12.6 Å². The molecule has 0 bridgehead atoms. The highest BCUT2D eigenvalue weighted by molar-refractivity contribution is 7.07. The van der Waals surface area contributed by atoms with Crippen LogP contribution in [0.15, 0.2) is 23.0 Å². The predicted octanol–water partition coefficient (Wildman–Crippen LogP) is 2.90. The smallest absolute Gasteiger partial charge is 0.167 e. The van der Waals surface area contributed by atoms with Crippen LogP contribution < -0.4 is 15.4 Å². The van der Waals surface area contributed by atoms with Crippen molar-refractivity contribution in [1.82, 2.24) is 4.98 Å². The van der Waals surface area contributed by atoms with Gasteiger partial charge in [-0.3, -0.25) is 0 Å². The van der Waals surface area contributed by atoms with Crippen LogP contribution in [0.25, 0.3) is 0 Å². The lowest BCUT2D eigenvalue weighted by atomic mass is 10.2. The fraction of sp³-hybridized carbons (Fsp3) is 0.308. The Kier molecular flexibility index (Phi) is 4.21. The van der Waals surface area contributed by atoms with Gasteiger partial charge in [0.15, 0.2) is 11.6 Å². The van der Waals surface area contributed by atoms with E-state index in [1.807, 2.05) is 24.3 Å².